The third-order valence-corrected chi connectivity index (χ3v) is 2.77. The van der Waals surface area contributed by atoms with Crippen LogP contribution in [0.2, 0.25) is 0 Å². The molecule has 2 aromatic carbocycles. The first-order valence-corrected chi connectivity index (χ1v) is 6.58. The monoisotopic (exact) mass is 275 g/mol. The number of rotatable bonds is 7. The summed E-state index contributed by atoms with van der Waals surface area (Å²) >= 11 is 0. The highest BCUT2D eigenvalue weighted by Crippen LogP contribution is 2.14. The molecule has 0 radical (unpaired) electrons. The van der Waals surface area contributed by atoms with E-state index >= 15 is 0 Å². The molecule has 0 spiro atoms. The molecule has 4 heteroatoms. The minimum absolute atomic E-state index is 0.307. The third kappa shape index (κ3) is 4.55. The molecule has 0 saturated carbocycles. The van der Waals surface area contributed by atoms with Gasteiger partial charge in [0.2, 0.25) is 0 Å². The summed E-state index contributed by atoms with van der Waals surface area (Å²) in [6.07, 6.45) is 0.864. The van der Waals surface area contributed by atoms with E-state index < -0.39 is 0 Å². The molecule has 2 N–H and O–H groups in total. The van der Waals surface area contributed by atoms with Gasteiger partial charge in [-0.1, -0.05) is 18.2 Å². The van der Waals surface area contributed by atoms with Crippen molar-refractivity contribution < 1.29 is 13.9 Å². The minimum atomic E-state index is -0.307. The Bertz CT molecular complexity index is 528. The van der Waals surface area contributed by atoms with Crippen LogP contribution in [-0.2, 0) is 6.42 Å². The molecule has 2 aromatic rings. The van der Waals surface area contributed by atoms with Crippen molar-refractivity contribution in [1.29, 1.82) is 0 Å². The van der Waals surface area contributed by atoms with E-state index in [4.69, 9.17) is 15.2 Å². The Labute approximate surface area is 118 Å². The fourth-order valence-corrected chi connectivity index (χ4v) is 1.79. The standard InChI is InChI=1S/C16H18FNO2/c17-14-2-1-3-16(12-14)20-11-10-19-15-6-4-13(5-7-15)8-9-18/h1-7,12H,8-11,18H2. The van der Waals surface area contributed by atoms with Gasteiger partial charge in [-0.25, -0.2) is 4.39 Å². The minimum Gasteiger partial charge on any atom is -0.490 e. The van der Waals surface area contributed by atoms with Gasteiger partial charge in [-0.15, -0.1) is 0 Å². The zero-order chi connectivity index (χ0) is 14.2. The molecular formula is C16H18FNO2. The topological polar surface area (TPSA) is 44.5 Å². The van der Waals surface area contributed by atoms with Gasteiger partial charge < -0.3 is 15.2 Å². The first kappa shape index (κ1) is 14.3. The number of halogens is 1. The SMILES string of the molecule is NCCc1ccc(OCCOc2cccc(F)c2)cc1. The van der Waals surface area contributed by atoms with Crippen molar-refractivity contribution in [2.24, 2.45) is 5.73 Å². The lowest BCUT2D eigenvalue weighted by Gasteiger charge is -2.09. The fourth-order valence-electron chi connectivity index (χ4n) is 1.79. The smallest absolute Gasteiger partial charge is 0.126 e. The number of hydrogen-bond acceptors (Lipinski definition) is 3. The summed E-state index contributed by atoms with van der Waals surface area (Å²) in [6.45, 7) is 1.42. The molecule has 0 atom stereocenters. The van der Waals surface area contributed by atoms with Crippen LogP contribution in [0.1, 0.15) is 5.56 Å². The molecule has 0 amide bonds. The lowest BCUT2D eigenvalue weighted by Crippen LogP contribution is -2.09. The molecule has 106 valence electrons. The van der Waals surface area contributed by atoms with E-state index in [0.29, 0.717) is 25.5 Å². The second-order valence-electron chi connectivity index (χ2n) is 4.34. The second kappa shape index (κ2) is 7.50. The van der Waals surface area contributed by atoms with Crippen LogP contribution in [0.4, 0.5) is 4.39 Å². The summed E-state index contributed by atoms with van der Waals surface area (Å²) in [5, 5.41) is 0. The van der Waals surface area contributed by atoms with Gasteiger partial charge in [0.15, 0.2) is 0 Å². The van der Waals surface area contributed by atoms with E-state index in [1.54, 1.807) is 12.1 Å². The molecule has 0 fully saturated rings. The lowest BCUT2D eigenvalue weighted by molar-refractivity contribution is 0.216. The van der Waals surface area contributed by atoms with Crippen LogP contribution >= 0.6 is 0 Å². The van der Waals surface area contributed by atoms with Crippen LogP contribution in [0.25, 0.3) is 0 Å². The van der Waals surface area contributed by atoms with Gasteiger partial charge in [-0.3, -0.25) is 0 Å². The zero-order valence-electron chi connectivity index (χ0n) is 11.2. The molecule has 3 nitrogen and oxygen atoms in total. The largest absolute Gasteiger partial charge is 0.490 e. The van der Waals surface area contributed by atoms with Crippen LogP contribution in [0.3, 0.4) is 0 Å². The molecule has 0 aromatic heterocycles. The van der Waals surface area contributed by atoms with E-state index in [-0.39, 0.29) is 5.82 Å². The summed E-state index contributed by atoms with van der Waals surface area (Å²) in [6, 6.07) is 13.9. The molecule has 0 heterocycles. The van der Waals surface area contributed by atoms with Crippen LogP contribution < -0.4 is 15.2 Å². The van der Waals surface area contributed by atoms with Crippen molar-refractivity contribution in [3.8, 4) is 11.5 Å². The Morgan fingerprint density at radius 3 is 2.25 bits per heavy atom. The number of hydrogen-bond donors (Lipinski definition) is 1. The Morgan fingerprint density at radius 1 is 0.900 bits per heavy atom. The lowest BCUT2D eigenvalue weighted by atomic mass is 10.1. The maximum atomic E-state index is 12.9. The van der Waals surface area contributed by atoms with E-state index in [2.05, 4.69) is 0 Å². The molecule has 0 aliphatic rings. The number of nitrogens with two attached hydrogens (primary N) is 1. The average Bonchev–Trinajstić information content (AvgIpc) is 2.46. The average molecular weight is 275 g/mol. The van der Waals surface area contributed by atoms with Crippen molar-refractivity contribution in [2.75, 3.05) is 19.8 Å². The normalized spacial score (nSPS) is 10.3. The summed E-state index contributed by atoms with van der Waals surface area (Å²) in [7, 11) is 0. The maximum absolute atomic E-state index is 12.9. The van der Waals surface area contributed by atoms with E-state index in [0.717, 1.165) is 12.2 Å². The number of ether oxygens (including phenoxy) is 2. The van der Waals surface area contributed by atoms with Crippen molar-refractivity contribution >= 4 is 0 Å². The molecule has 2 rings (SSSR count). The van der Waals surface area contributed by atoms with E-state index in [9.17, 15) is 4.39 Å². The van der Waals surface area contributed by atoms with Crippen molar-refractivity contribution in [1.82, 2.24) is 0 Å². The molecule has 0 bridgehead atoms. The van der Waals surface area contributed by atoms with Crippen LogP contribution in [0.15, 0.2) is 48.5 Å². The zero-order valence-corrected chi connectivity index (χ0v) is 11.2. The Morgan fingerprint density at radius 2 is 1.60 bits per heavy atom. The molecule has 0 aliphatic heterocycles. The molecule has 0 unspecified atom stereocenters. The van der Waals surface area contributed by atoms with Gasteiger partial charge in [0.25, 0.3) is 0 Å². The quantitative estimate of drug-likeness (QED) is 0.790. The van der Waals surface area contributed by atoms with E-state index in [1.165, 1.54) is 17.7 Å². The predicted molar refractivity (Wildman–Crippen MR) is 76.6 cm³/mol. The highest BCUT2D eigenvalue weighted by molar-refractivity contribution is 5.27. The van der Waals surface area contributed by atoms with Crippen LogP contribution in [-0.4, -0.2) is 19.8 Å². The van der Waals surface area contributed by atoms with E-state index in [1.807, 2.05) is 24.3 Å². The molecule has 0 saturated heterocycles. The van der Waals surface area contributed by atoms with Gasteiger partial charge in [0.05, 0.1) is 0 Å². The summed E-state index contributed by atoms with van der Waals surface area (Å²) < 4.78 is 23.9. The van der Waals surface area contributed by atoms with Crippen molar-refractivity contribution in [3.05, 3.63) is 59.9 Å². The molecular weight excluding hydrogens is 257 g/mol. The highest BCUT2D eigenvalue weighted by atomic mass is 19.1. The van der Waals surface area contributed by atoms with Gasteiger partial charge in [0, 0.05) is 6.07 Å². The van der Waals surface area contributed by atoms with Crippen molar-refractivity contribution in [3.63, 3.8) is 0 Å². The summed E-state index contributed by atoms with van der Waals surface area (Å²) in [5.74, 6) is 0.986. The van der Waals surface area contributed by atoms with Crippen LogP contribution in [0.5, 0.6) is 11.5 Å². The van der Waals surface area contributed by atoms with Crippen molar-refractivity contribution in [2.45, 2.75) is 6.42 Å². The predicted octanol–water partition coefficient (Wildman–Crippen LogP) is 2.78. The number of benzene rings is 2. The highest BCUT2D eigenvalue weighted by Gasteiger charge is 1.98. The summed E-state index contributed by atoms with van der Waals surface area (Å²) in [5.41, 5.74) is 6.68. The van der Waals surface area contributed by atoms with Gasteiger partial charge in [0.1, 0.15) is 30.5 Å². The summed E-state index contributed by atoms with van der Waals surface area (Å²) in [4.78, 5) is 0. The van der Waals surface area contributed by atoms with Crippen LogP contribution in [0, 0.1) is 5.82 Å². The van der Waals surface area contributed by atoms with Gasteiger partial charge >= 0.3 is 0 Å². The second-order valence-corrected chi connectivity index (χ2v) is 4.34. The Hall–Kier alpha value is -2.07. The molecule has 20 heavy (non-hydrogen) atoms. The first-order chi connectivity index (χ1) is 9.78. The molecule has 0 aliphatic carbocycles. The first-order valence-electron chi connectivity index (χ1n) is 6.58. The Balaban J connectivity index is 1.73. The van der Waals surface area contributed by atoms with Gasteiger partial charge in [-0.2, -0.15) is 0 Å². The van der Waals surface area contributed by atoms with Gasteiger partial charge in [-0.05, 0) is 42.8 Å². The Kier molecular flexibility index (Phi) is 5.38. The third-order valence-electron chi connectivity index (χ3n) is 2.77. The maximum Gasteiger partial charge on any atom is 0.126 e. The fraction of sp³-hybridized carbons (Fsp3) is 0.250.